The van der Waals surface area contributed by atoms with Gasteiger partial charge in [-0.05, 0) is 32.9 Å². The molecule has 0 aliphatic carbocycles. The smallest absolute Gasteiger partial charge is 0.343 e. The van der Waals surface area contributed by atoms with Gasteiger partial charge in [-0.3, -0.25) is 4.98 Å². The van der Waals surface area contributed by atoms with E-state index in [4.69, 9.17) is 10.5 Å². The zero-order chi connectivity index (χ0) is 14.7. The molecule has 0 fully saturated rings. The molecule has 0 aliphatic heterocycles. The summed E-state index contributed by atoms with van der Waals surface area (Å²) in [4.78, 5) is 24.3. The summed E-state index contributed by atoms with van der Waals surface area (Å²) in [5.74, 6) is 0.0587. The van der Waals surface area contributed by atoms with E-state index in [9.17, 15) is 4.79 Å². The average molecular weight is 272 g/mol. The largest absolute Gasteiger partial charge is 0.462 e. The van der Waals surface area contributed by atoms with Crippen LogP contribution >= 0.6 is 0 Å². The Hall–Kier alpha value is -2.50. The molecular formula is C14H16N4O2. The fraction of sp³-hybridized carbons (Fsp3) is 0.286. The first-order valence-electron chi connectivity index (χ1n) is 6.26. The third-order valence-electron chi connectivity index (χ3n) is 2.65. The van der Waals surface area contributed by atoms with Gasteiger partial charge >= 0.3 is 5.97 Å². The lowest BCUT2D eigenvalue weighted by atomic mass is 10.2. The first kappa shape index (κ1) is 13.9. The van der Waals surface area contributed by atoms with Gasteiger partial charge in [0.1, 0.15) is 11.4 Å². The first-order chi connectivity index (χ1) is 9.51. The van der Waals surface area contributed by atoms with Crippen LogP contribution in [0.1, 0.15) is 28.7 Å². The molecule has 0 radical (unpaired) electrons. The van der Waals surface area contributed by atoms with Crippen molar-refractivity contribution in [3.63, 3.8) is 0 Å². The molecule has 0 bridgehead atoms. The molecule has 104 valence electrons. The Morgan fingerprint density at radius 2 is 1.90 bits per heavy atom. The van der Waals surface area contributed by atoms with Crippen LogP contribution in [0, 0.1) is 13.8 Å². The van der Waals surface area contributed by atoms with Crippen molar-refractivity contribution in [2.45, 2.75) is 20.8 Å². The van der Waals surface area contributed by atoms with Gasteiger partial charge in [-0.1, -0.05) is 0 Å². The van der Waals surface area contributed by atoms with Crippen molar-refractivity contribution in [2.24, 2.45) is 0 Å². The van der Waals surface area contributed by atoms with Gasteiger partial charge in [0.05, 0.1) is 6.61 Å². The van der Waals surface area contributed by atoms with Crippen LogP contribution in [0.15, 0.2) is 18.3 Å². The van der Waals surface area contributed by atoms with Crippen LogP contribution in [0.3, 0.4) is 0 Å². The highest BCUT2D eigenvalue weighted by Crippen LogP contribution is 2.19. The number of carbonyl (C=O) groups excluding carboxylic acids is 1. The molecule has 0 spiro atoms. The minimum absolute atomic E-state index is 0.112. The molecular weight excluding hydrogens is 256 g/mol. The number of pyridine rings is 1. The predicted octanol–water partition coefficient (Wildman–Crippen LogP) is 1.91. The highest BCUT2D eigenvalue weighted by Gasteiger charge is 2.14. The van der Waals surface area contributed by atoms with Crippen LogP contribution in [0.25, 0.3) is 11.4 Å². The van der Waals surface area contributed by atoms with Gasteiger partial charge < -0.3 is 10.5 Å². The normalized spacial score (nSPS) is 10.3. The molecule has 0 amide bonds. The highest BCUT2D eigenvalue weighted by atomic mass is 16.5. The third kappa shape index (κ3) is 2.90. The third-order valence-corrected chi connectivity index (χ3v) is 2.65. The number of aryl methyl sites for hydroxylation is 2. The van der Waals surface area contributed by atoms with E-state index < -0.39 is 5.97 Å². The average Bonchev–Trinajstić information content (AvgIpc) is 2.37. The van der Waals surface area contributed by atoms with Crippen molar-refractivity contribution in [3.05, 3.63) is 35.3 Å². The van der Waals surface area contributed by atoms with Gasteiger partial charge in [0.2, 0.25) is 0 Å². The maximum Gasteiger partial charge on any atom is 0.343 e. The molecule has 0 atom stereocenters. The number of nitrogens with zero attached hydrogens (tertiary/aromatic N) is 3. The van der Waals surface area contributed by atoms with Crippen LogP contribution < -0.4 is 5.73 Å². The topological polar surface area (TPSA) is 91.0 Å². The van der Waals surface area contributed by atoms with Gasteiger partial charge in [0.15, 0.2) is 5.82 Å². The van der Waals surface area contributed by atoms with Crippen LogP contribution in [-0.2, 0) is 4.74 Å². The van der Waals surface area contributed by atoms with Crippen molar-refractivity contribution >= 4 is 11.8 Å². The van der Waals surface area contributed by atoms with E-state index in [-0.39, 0.29) is 18.0 Å². The highest BCUT2D eigenvalue weighted by molar-refractivity contribution is 5.94. The fourth-order valence-electron chi connectivity index (χ4n) is 1.86. The summed E-state index contributed by atoms with van der Waals surface area (Å²) in [5, 5.41) is 0. The minimum atomic E-state index is -0.515. The maximum atomic E-state index is 11.6. The van der Waals surface area contributed by atoms with Crippen molar-refractivity contribution < 1.29 is 9.53 Å². The van der Waals surface area contributed by atoms with E-state index in [2.05, 4.69) is 15.0 Å². The lowest BCUT2D eigenvalue weighted by Gasteiger charge is -2.07. The molecule has 0 saturated heterocycles. The standard InChI is InChI=1S/C14H16N4O2/c1-4-20-14(19)11-7-16-13(18-12(11)15)10-5-8(2)17-9(3)6-10/h5-7H,4H2,1-3H3,(H2,15,16,18). The number of anilines is 1. The lowest BCUT2D eigenvalue weighted by molar-refractivity contribution is 0.0527. The summed E-state index contributed by atoms with van der Waals surface area (Å²) in [5.41, 5.74) is 8.54. The Morgan fingerprint density at radius 1 is 1.25 bits per heavy atom. The van der Waals surface area contributed by atoms with Gasteiger partial charge in [-0.15, -0.1) is 0 Å². The number of nitrogens with two attached hydrogens (primary N) is 1. The SMILES string of the molecule is CCOC(=O)c1cnc(-c2cc(C)nc(C)c2)nc1N. The molecule has 2 aromatic heterocycles. The van der Waals surface area contributed by atoms with Crippen molar-refractivity contribution in [3.8, 4) is 11.4 Å². The van der Waals surface area contributed by atoms with E-state index in [1.165, 1.54) is 6.20 Å². The number of aromatic nitrogens is 3. The van der Waals surface area contributed by atoms with E-state index in [1.807, 2.05) is 26.0 Å². The maximum absolute atomic E-state index is 11.6. The number of hydrogen-bond donors (Lipinski definition) is 1. The molecule has 2 aromatic rings. The minimum Gasteiger partial charge on any atom is -0.462 e. The van der Waals surface area contributed by atoms with E-state index in [0.717, 1.165) is 17.0 Å². The summed E-state index contributed by atoms with van der Waals surface area (Å²) in [6.07, 6.45) is 1.39. The molecule has 6 nitrogen and oxygen atoms in total. The second-order valence-electron chi connectivity index (χ2n) is 4.35. The van der Waals surface area contributed by atoms with E-state index in [0.29, 0.717) is 5.82 Å². The summed E-state index contributed by atoms with van der Waals surface area (Å²) in [6, 6.07) is 3.73. The molecule has 2 N–H and O–H groups in total. The molecule has 0 unspecified atom stereocenters. The Kier molecular flexibility index (Phi) is 3.93. The summed E-state index contributed by atoms with van der Waals surface area (Å²) >= 11 is 0. The van der Waals surface area contributed by atoms with Gasteiger partial charge in [-0.25, -0.2) is 14.8 Å². The van der Waals surface area contributed by atoms with Crippen molar-refractivity contribution in [2.75, 3.05) is 12.3 Å². The fourth-order valence-corrected chi connectivity index (χ4v) is 1.86. The Morgan fingerprint density at radius 3 is 2.45 bits per heavy atom. The molecule has 0 saturated carbocycles. The molecule has 2 rings (SSSR count). The molecule has 0 aromatic carbocycles. The van der Waals surface area contributed by atoms with E-state index in [1.54, 1.807) is 6.92 Å². The Balaban J connectivity index is 2.40. The number of carbonyl (C=O) groups is 1. The molecule has 0 aliphatic rings. The molecule has 6 heteroatoms. The molecule has 20 heavy (non-hydrogen) atoms. The quantitative estimate of drug-likeness (QED) is 0.858. The predicted molar refractivity (Wildman–Crippen MR) is 75.1 cm³/mol. The number of ether oxygens (including phenoxy) is 1. The van der Waals surface area contributed by atoms with Crippen LogP contribution in [-0.4, -0.2) is 27.5 Å². The second-order valence-corrected chi connectivity index (χ2v) is 4.35. The number of rotatable bonds is 3. The summed E-state index contributed by atoms with van der Waals surface area (Å²) in [6.45, 7) is 5.80. The Bertz CT molecular complexity index is 635. The lowest BCUT2D eigenvalue weighted by Crippen LogP contribution is -2.10. The monoisotopic (exact) mass is 272 g/mol. The number of hydrogen-bond acceptors (Lipinski definition) is 6. The summed E-state index contributed by atoms with van der Waals surface area (Å²) in [7, 11) is 0. The summed E-state index contributed by atoms with van der Waals surface area (Å²) < 4.78 is 4.88. The van der Waals surface area contributed by atoms with Crippen LogP contribution in [0.4, 0.5) is 5.82 Å². The van der Waals surface area contributed by atoms with Gasteiger partial charge in [0.25, 0.3) is 0 Å². The number of esters is 1. The first-order valence-corrected chi connectivity index (χ1v) is 6.26. The van der Waals surface area contributed by atoms with Gasteiger partial charge in [0, 0.05) is 23.1 Å². The zero-order valence-corrected chi connectivity index (χ0v) is 11.7. The van der Waals surface area contributed by atoms with Crippen molar-refractivity contribution in [1.29, 1.82) is 0 Å². The second kappa shape index (κ2) is 5.64. The van der Waals surface area contributed by atoms with E-state index >= 15 is 0 Å². The number of nitrogen functional groups attached to an aromatic ring is 1. The Labute approximate surface area is 117 Å². The van der Waals surface area contributed by atoms with Crippen molar-refractivity contribution in [1.82, 2.24) is 15.0 Å². The molecule has 2 heterocycles. The van der Waals surface area contributed by atoms with Gasteiger partial charge in [-0.2, -0.15) is 0 Å². The zero-order valence-electron chi connectivity index (χ0n) is 11.7. The van der Waals surface area contributed by atoms with Crippen LogP contribution in [0.5, 0.6) is 0 Å². The van der Waals surface area contributed by atoms with Crippen LogP contribution in [0.2, 0.25) is 0 Å².